The number of carboxylic acid groups (broad SMARTS) is 1. The van der Waals surface area contributed by atoms with Crippen LogP contribution in [0.3, 0.4) is 0 Å². The Morgan fingerprint density at radius 2 is 2.25 bits per heavy atom. The van der Waals surface area contributed by atoms with Crippen LogP contribution in [-0.2, 0) is 4.79 Å². The lowest BCUT2D eigenvalue weighted by Crippen LogP contribution is -2.51. The summed E-state index contributed by atoms with van der Waals surface area (Å²) in [6, 6.07) is 2.13. The van der Waals surface area contributed by atoms with E-state index in [1.54, 1.807) is 6.07 Å². The van der Waals surface area contributed by atoms with Gasteiger partial charge >= 0.3 is 5.97 Å². The van der Waals surface area contributed by atoms with Gasteiger partial charge < -0.3 is 15.0 Å². The van der Waals surface area contributed by atoms with Crippen molar-refractivity contribution in [3.05, 3.63) is 34.2 Å². The number of carbonyl (C=O) groups is 2. The summed E-state index contributed by atoms with van der Waals surface area (Å²) in [5, 5.41) is 9.31. The van der Waals surface area contributed by atoms with Gasteiger partial charge in [0.25, 0.3) is 11.5 Å². The first-order valence-electron chi connectivity index (χ1n) is 6.76. The molecular weight excluding hydrogens is 260 g/mol. The summed E-state index contributed by atoms with van der Waals surface area (Å²) in [7, 11) is 0. The summed E-state index contributed by atoms with van der Waals surface area (Å²) in [5.41, 5.74) is -0.493. The number of aromatic amines is 1. The summed E-state index contributed by atoms with van der Waals surface area (Å²) < 4.78 is 0. The highest BCUT2D eigenvalue weighted by atomic mass is 16.4. The smallest absolute Gasteiger partial charge is 0.326 e. The number of piperidine rings is 1. The molecule has 1 aromatic rings. The van der Waals surface area contributed by atoms with Gasteiger partial charge in [0.2, 0.25) is 0 Å². The van der Waals surface area contributed by atoms with Crippen LogP contribution in [0.15, 0.2) is 23.1 Å². The van der Waals surface area contributed by atoms with Crippen molar-refractivity contribution in [3.63, 3.8) is 0 Å². The molecule has 20 heavy (non-hydrogen) atoms. The molecule has 2 atom stereocenters. The van der Waals surface area contributed by atoms with Crippen LogP contribution in [0.25, 0.3) is 0 Å². The van der Waals surface area contributed by atoms with Crippen molar-refractivity contribution in [2.75, 3.05) is 6.54 Å². The second kappa shape index (κ2) is 5.90. The lowest BCUT2D eigenvalue weighted by atomic mass is 9.88. The van der Waals surface area contributed by atoms with E-state index in [1.807, 2.05) is 6.92 Å². The number of carbonyl (C=O) groups excluding carboxylic acids is 1. The van der Waals surface area contributed by atoms with Crippen molar-refractivity contribution in [1.29, 1.82) is 0 Å². The van der Waals surface area contributed by atoms with Crippen molar-refractivity contribution >= 4 is 11.9 Å². The predicted octanol–water partition coefficient (Wildman–Crippen LogP) is 1.09. The number of nitrogens with one attached hydrogen (secondary N) is 1. The number of amides is 1. The van der Waals surface area contributed by atoms with E-state index in [2.05, 4.69) is 4.98 Å². The van der Waals surface area contributed by atoms with E-state index in [-0.39, 0.29) is 5.56 Å². The number of carboxylic acids is 1. The Balaban J connectivity index is 2.26. The molecule has 0 radical (unpaired) electrons. The average molecular weight is 278 g/mol. The highest BCUT2D eigenvalue weighted by molar-refractivity contribution is 5.96. The molecule has 1 aliphatic heterocycles. The molecule has 6 nitrogen and oxygen atoms in total. The highest BCUT2D eigenvalue weighted by Crippen LogP contribution is 2.26. The van der Waals surface area contributed by atoms with E-state index in [0.29, 0.717) is 18.9 Å². The second-order valence-electron chi connectivity index (χ2n) is 5.06. The van der Waals surface area contributed by atoms with Gasteiger partial charge in [0, 0.05) is 12.7 Å². The minimum Gasteiger partial charge on any atom is -0.480 e. The third kappa shape index (κ3) is 2.74. The maximum atomic E-state index is 12.4. The first-order chi connectivity index (χ1) is 9.54. The monoisotopic (exact) mass is 278 g/mol. The fourth-order valence-corrected chi connectivity index (χ4v) is 2.63. The van der Waals surface area contributed by atoms with Crippen LogP contribution in [0.4, 0.5) is 0 Å². The van der Waals surface area contributed by atoms with Crippen LogP contribution >= 0.6 is 0 Å². The molecule has 1 aliphatic rings. The van der Waals surface area contributed by atoms with Gasteiger partial charge in [-0.3, -0.25) is 9.59 Å². The summed E-state index contributed by atoms with van der Waals surface area (Å²) in [4.78, 5) is 39.1. The fourth-order valence-electron chi connectivity index (χ4n) is 2.63. The Bertz CT molecular complexity index is 566. The highest BCUT2D eigenvalue weighted by Gasteiger charge is 2.36. The van der Waals surface area contributed by atoms with E-state index in [9.17, 15) is 19.5 Å². The fraction of sp³-hybridized carbons (Fsp3) is 0.500. The van der Waals surface area contributed by atoms with Gasteiger partial charge in [0.1, 0.15) is 11.6 Å². The van der Waals surface area contributed by atoms with Gasteiger partial charge in [-0.25, -0.2) is 4.79 Å². The van der Waals surface area contributed by atoms with Gasteiger partial charge in [0.15, 0.2) is 0 Å². The third-order valence-electron chi connectivity index (χ3n) is 3.88. The van der Waals surface area contributed by atoms with Crippen LogP contribution in [-0.4, -0.2) is 39.5 Å². The number of hydrogen-bond donors (Lipinski definition) is 2. The van der Waals surface area contributed by atoms with E-state index < -0.39 is 23.5 Å². The molecule has 1 saturated heterocycles. The summed E-state index contributed by atoms with van der Waals surface area (Å²) in [5.74, 6) is -1.20. The topological polar surface area (TPSA) is 90.5 Å². The minimum atomic E-state index is -1.01. The molecule has 6 heteroatoms. The molecule has 0 aromatic carbocycles. The Hall–Kier alpha value is -2.11. The largest absolute Gasteiger partial charge is 0.480 e. The molecule has 0 spiro atoms. The molecule has 2 rings (SSSR count). The van der Waals surface area contributed by atoms with E-state index >= 15 is 0 Å². The van der Waals surface area contributed by atoms with E-state index in [0.717, 1.165) is 12.8 Å². The zero-order valence-electron chi connectivity index (χ0n) is 11.3. The standard InChI is InChI=1S/C14H18N2O4/c1-2-9-5-7-16(11(8-9)14(19)20)13(18)10-4-3-6-15-12(10)17/h3-4,6,9,11H,2,5,7-8H2,1H3,(H,15,17)(H,19,20). The van der Waals surface area contributed by atoms with E-state index in [4.69, 9.17) is 0 Å². The van der Waals surface area contributed by atoms with Crippen molar-refractivity contribution in [1.82, 2.24) is 9.88 Å². The van der Waals surface area contributed by atoms with Gasteiger partial charge in [0.05, 0.1) is 0 Å². The van der Waals surface area contributed by atoms with Crippen molar-refractivity contribution in [2.45, 2.75) is 32.2 Å². The summed E-state index contributed by atoms with van der Waals surface area (Å²) in [6.07, 6.45) is 3.56. The van der Waals surface area contributed by atoms with Crippen LogP contribution < -0.4 is 5.56 Å². The van der Waals surface area contributed by atoms with Crippen LogP contribution in [0.5, 0.6) is 0 Å². The van der Waals surface area contributed by atoms with Crippen LogP contribution in [0.2, 0.25) is 0 Å². The molecule has 1 aromatic heterocycles. The second-order valence-corrected chi connectivity index (χ2v) is 5.06. The normalized spacial score (nSPS) is 22.6. The maximum absolute atomic E-state index is 12.4. The number of nitrogens with zero attached hydrogens (tertiary/aromatic N) is 1. The Kier molecular flexibility index (Phi) is 4.22. The number of likely N-dealkylation sites (tertiary alicyclic amines) is 1. The Morgan fingerprint density at radius 1 is 1.50 bits per heavy atom. The van der Waals surface area contributed by atoms with Crippen molar-refractivity contribution in [3.8, 4) is 0 Å². The molecule has 108 valence electrons. The lowest BCUT2D eigenvalue weighted by Gasteiger charge is -2.36. The molecule has 2 unspecified atom stereocenters. The predicted molar refractivity (Wildman–Crippen MR) is 72.5 cm³/mol. The van der Waals surface area contributed by atoms with Gasteiger partial charge in [-0.15, -0.1) is 0 Å². The Morgan fingerprint density at radius 3 is 2.85 bits per heavy atom. The first-order valence-corrected chi connectivity index (χ1v) is 6.76. The average Bonchev–Trinajstić information content (AvgIpc) is 2.46. The lowest BCUT2D eigenvalue weighted by molar-refractivity contribution is -0.144. The quantitative estimate of drug-likeness (QED) is 0.866. The number of pyridine rings is 1. The molecule has 1 amide bonds. The first kappa shape index (κ1) is 14.3. The number of aromatic nitrogens is 1. The number of aliphatic carboxylic acids is 1. The number of H-pyrrole nitrogens is 1. The summed E-state index contributed by atoms with van der Waals surface area (Å²) in [6.45, 7) is 2.39. The van der Waals surface area contributed by atoms with Crippen molar-refractivity contribution < 1.29 is 14.7 Å². The molecule has 2 N–H and O–H groups in total. The van der Waals surface area contributed by atoms with Crippen LogP contribution in [0.1, 0.15) is 36.5 Å². The minimum absolute atomic E-state index is 0.00583. The van der Waals surface area contributed by atoms with Gasteiger partial charge in [-0.2, -0.15) is 0 Å². The van der Waals surface area contributed by atoms with Gasteiger partial charge in [-0.1, -0.05) is 13.3 Å². The van der Waals surface area contributed by atoms with Gasteiger partial charge in [-0.05, 0) is 30.9 Å². The molecule has 0 aliphatic carbocycles. The number of hydrogen-bond acceptors (Lipinski definition) is 3. The molecular formula is C14H18N2O4. The molecule has 0 bridgehead atoms. The maximum Gasteiger partial charge on any atom is 0.326 e. The van der Waals surface area contributed by atoms with Crippen molar-refractivity contribution in [2.24, 2.45) is 5.92 Å². The SMILES string of the molecule is CCC1CCN(C(=O)c2ccc[nH]c2=O)C(C(=O)O)C1. The zero-order chi connectivity index (χ0) is 14.7. The van der Waals surface area contributed by atoms with Crippen LogP contribution in [0, 0.1) is 5.92 Å². The Labute approximate surface area is 116 Å². The third-order valence-corrected chi connectivity index (χ3v) is 3.88. The number of rotatable bonds is 3. The van der Waals surface area contributed by atoms with E-state index in [1.165, 1.54) is 17.2 Å². The molecule has 1 fully saturated rings. The molecule has 2 heterocycles. The summed E-state index contributed by atoms with van der Waals surface area (Å²) >= 11 is 0. The zero-order valence-corrected chi connectivity index (χ0v) is 11.3. The molecule has 0 saturated carbocycles.